The number of carbonyl (C=O) groups excluding carboxylic acids is 1. The van der Waals surface area contributed by atoms with Crippen LogP contribution in [0.4, 0.5) is 0 Å². The van der Waals surface area contributed by atoms with Crippen LogP contribution in [0.5, 0.6) is 0 Å². The maximum absolute atomic E-state index is 11.2. The van der Waals surface area contributed by atoms with E-state index >= 15 is 0 Å². The maximum atomic E-state index is 11.2. The van der Waals surface area contributed by atoms with Crippen molar-refractivity contribution >= 4 is 23.3 Å². The lowest BCUT2D eigenvalue weighted by molar-refractivity contribution is -0.158. The van der Waals surface area contributed by atoms with Crippen LogP contribution in [0.3, 0.4) is 0 Å². The van der Waals surface area contributed by atoms with Gasteiger partial charge in [0.1, 0.15) is 0 Å². The summed E-state index contributed by atoms with van der Waals surface area (Å²) in [7, 11) is 0. The van der Waals surface area contributed by atoms with Crippen LogP contribution >= 0.6 is 12.2 Å². The number of thiocarbonyl (C=S) groups is 1. The van der Waals surface area contributed by atoms with Crippen LogP contribution < -0.4 is 11.2 Å². The van der Waals surface area contributed by atoms with E-state index in [1.165, 1.54) is 0 Å². The number of hydroxylamine groups is 1. The number of carbonyl (C=O) groups is 1. The van der Waals surface area contributed by atoms with Gasteiger partial charge in [-0.15, -0.1) is 0 Å². The van der Waals surface area contributed by atoms with Crippen LogP contribution in [-0.4, -0.2) is 16.2 Å². The lowest BCUT2D eigenvalue weighted by atomic mass is 10.1. The third kappa shape index (κ3) is 3.53. The molecule has 4 N–H and O–H groups in total. The fourth-order valence-corrected chi connectivity index (χ4v) is 0.969. The summed E-state index contributed by atoms with van der Waals surface area (Å²) >= 11 is 4.42. The van der Waals surface area contributed by atoms with Crippen LogP contribution in [0, 0.1) is 0 Å². The molecule has 0 aliphatic heterocycles. The quantitative estimate of drug-likeness (QED) is 0.486. The van der Waals surface area contributed by atoms with Gasteiger partial charge in [-0.1, -0.05) is 30.3 Å². The normalized spacial score (nSPS) is 11.5. The SMILES string of the molecule is NC(=S)NOC(=O)C(O)c1ccccc1. The molecule has 1 aromatic rings. The minimum Gasteiger partial charge on any atom is -0.377 e. The number of hydrogen-bond acceptors (Lipinski definition) is 4. The average Bonchev–Trinajstić information content (AvgIpc) is 2.26. The Bertz CT molecular complexity index is 356. The Balaban J connectivity index is 2.57. The van der Waals surface area contributed by atoms with Crippen molar-refractivity contribution in [1.82, 2.24) is 5.48 Å². The minimum absolute atomic E-state index is 0.177. The fourth-order valence-electron chi connectivity index (χ4n) is 0.928. The Kier molecular flexibility index (Phi) is 4.02. The molecule has 1 atom stereocenters. The van der Waals surface area contributed by atoms with E-state index in [0.717, 1.165) is 0 Å². The van der Waals surface area contributed by atoms with Crippen molar-refractivity contribution in [3.05, 3.63) is 35.9 Å². The first-order valence-corrected chi connectivity index (χ1v) is 4.51. The van der Waals surface area contributed by atoms with Gasteiger partial charge in [-0.2, -0.15) is 5.48 Å². The molecule has 0 saturated heterocycles. The Morgan fingerprint density at radius 3 is 2.60 bits per heavy atom. The third-order valence-corrected chi connectivity index (χ3v) is 1.67. The number of hydrogen-bond donors (Lipinski definition) is 3. The molecule has 0 saturated carbocycles. The van der Waals surface area contributed by atoms with Gasteiger partial charge in [0.05, 0.1) is 0 Å². The summed E-state index contributed by atoms with van der Waals surface area (Å²) in [6.07, 6.45) is -1.35. The van der Waals surface area contributed by atoms with Gasteiger partial charge in [-0.05, 0) is 17.8 Å². The molecular formula is C9H10N2O3S. The summed E-state index contributed by atoms with van der Waals surface area (Å²) < 4.78 is 0. The highest BCUT2D eigenvalue weighted by Crippen LogP contribution is 2.12. The molecule has 1 unspecified atom stereocenters. The Morgan fingerprint density at radius 1 is 1.47 bits per heavy atom. The predicted molar refractivity (Wildman–Crippen MR) is 57.4 cm³/mol. The van der Waals surface area contributed by atoms with Crippen molar-refractivity contribution in [1.29, 1.82) is 0 Å². The van der Waals surface area contributed by atoms with Crippen LogP contribution in [0.2, 0.25) is 0 Å². The summed E-state index contributed by atoms with van der Waals surface area (Å²) in [5.41, 5.74) is 7.47. The molecule has 0 heterocycles. The summed E-state index contributed by atoms with van der Waals surface area (Å²) in [4.78, 5) is 15.6. The zero-order valence-corrected chi connectivity index (χ0v) is 8.53. The molecule has 15 heavy (non-hydrogen) atoms. The minimum atomic E-state index is -1.35. The first-order valence-electron chi connectivity index (χ1n) is 4.10. The predicted octanol–water partition coefficient (Wildman–Crippen LogP) is 0.0114. The molecule has 0 aromatic heterocycles. The molecule has 80 valence electrons. The van der Waals surface area contributed by atoms with Crippen LogP contribution in [0.15, 0.2) is 30.3 Å². The summed E-state index contributed by atoms with van der Waals surface area (Å²) in [5.74, 6) is -0.867. The van der Waals surface area contributed by atoms with Gasteiger partial charge in [-0.25, -0.2) is 4.79 Å². The topological polar surface area (TPSA) is 84.6 Å². The molecule has 0 aliphatic rings. The largest absolute Gasteiger partial charge is 0.377 e. The molecule has 1 rings (SSSR count). The second-order valence-electron chi connectivity index (χ2n) is 2.70. The lowest BCUT2D eigenvalue weighted by Crippen LogP contribution is -2.33. The number of aliphatic hydroxyl groups excluding tert-OH is 1. The van der Waals surface area contributed by atoms with E-state index in [0.29, 0.717) is 5.56 Å². The Morgan fingerprint density at radius 2 is 2.07 bits per heavy atom. The van der Waals surface area contributed by atoms with Crippen LogP contribution in [0.1, 0.15) is 11.7 Å². The van der Waals surface area contributed by atoms with Gasteiger partial charge in [-0.3, -0.25) is 0 Å². The van der Waals surface area contributed by atoms with Crippen molar-refractivity contribution in [2.24, 2.45) is 5.73 Å². The van der Waals surface area contributed by atoms with E-state index in [1.807, 2.05) is 5.48 Å². The van der Waals surface area contributed by atoms with E-state index in [4.69, 9.17) is 5.73 Å². The van der Waals surface area contributed by atoms with Gasteiger partial charge in [0, 0.05) is 0 Å². The summed E-state index contributed by atoms with van der Waals surface area (Å²) in [6.45, 7) is 0. The van der Waals surface area contributed by atoms with Gasteiger partial charge in [0.2, 0.25) is 0 Å². The highest BCUT2D eigenvalue weighted by atomic mass is 32.1. The lowest BCUT2D eigenvalue weighted by Gasteiger charge is -2.10. The van der Waals surface area contributed by atoms with Crippen molar-refractivity contribution in [2.45, 2.75) is 6.10 Å². The van der Waals surface area contributed by atoms with Crippen LogP contribution in [0.25, 0.3) is 0 Å². The molecule has 5 nitrogen and oxygen atoms in total. The number of nitrogens with one attached hydrogen (secondary N) is 1. The molecule has 0 aliphatic carbocycles. The van der Waals surface area contributed by atoms with Crippen molar-refractivity contribution < 1.29 is 14.7 Å². The molecular weight excluding hydrogens is 216 g/mol. The van der Waals surface area contributed by atoms with Gasteiger partial charge in [0.25, 0.3) is 0 Å². The molecule has 0 radical (unpaired) electrons. The van der Waals surface area contributed by atoms with Crippen molar-refractivity contribution in [3.63, 3.8) is 0 Å². The van der Waals surface area contributed by atoms with E-state index in [9.17, 15) is 9.90 Å². The van der Waals surface area contributed by atoms with Gasteiger partial charge in [0.15, 0.2) is 11.2 Å². The van der Waals surface area contributed by atoms with E-state index < -0.39 is 12.1 Å². The summed E-state index contributed by atoms with van der Waals surface area (Å²) in [6, 6.07) is 8.38. The zero-order valence-electron chi connectivity index (χ0n) is 7.71. The standard InChI is InChI=1S/C9H10N2O3S/c10-9(15)11-14-8(13)7(12)6-4-2-1-3-5-6/h1-5,7,12H,(H3,10,11,15). The third-order valence-electron chi connectivity index (χ3n) is 1.59. The number of rotatable bonds is 2. The fraction of sp³-hybridized carbons (Fsp3) is 0.111. The molecule has 1 aromatic carbocycles. The van der Waals surface area contributed by atoms with E-state index in [1.54, 1.807) is 30.3 Å². The smallest absolute Gasteiger partial charge is 0.364 e. The van der Waals surface area contributed by atoms with E-state index in [2.05, 4.69) is 17.1 Å². The molecule has 6 heteroatoms. The second-order valence-corrected chi connectivity index (χ2v) is 3.14. The first kappa shape index (κ1) is 11.4. The van der Waals surface area contributed by atoms with Gasteiger partial charge < -0.3 is 15.7 Å². The van der Waals surface area contributed by atoms with E-state index in [-0.39, 0.29) is 5.11 Å². The second kappa shape index (κ2) is 5.28. The number of nitrogens with two attached hydrogens (primary N) is 1. The highest BCUT2D eigenvalue weighted by Gasteiger charge is 2.18. The number of aliphatic hydroxyl groups is 1. The summed E-state index contributed by atoms with van der Waals surface area (Å²) in [5, 5.41) is 9.33. The van der Waals surface area contributed by atoms with Crippen molar-refractivity contribution in [2.75, 3.05) is 0 Å². The Hall–Kier alpha value is -1.66. The molecule has 0 bridgehead atoms. The molecule has 0 fully saturated rings. The first-order chi connectivity index (χ1) is 7.11. The highest BCUT2D eigenvalue weighted by molar-refractivity contribution is 7.80. The monoisotopic (exact) mass is 226 g/mol. The molecule has 0 spiro atoms. The average molecular weight is 226 g/mol. The maximum Gasteiger partial charge on any atom is 0.364 e. The molecule has 0 amide bonds. The zero-order chi connectivity index (χ0) is 11.3. The van der Waals surface area contributed by atoms with Crippen LogP contribution in [-0.2, 0) is 9.63 Å². The Labute approximate surface area is 91.8 Å². The van der Waals surface area contributed by atoms with Gasteiger partial charge >= 0.3 is 5.97 Å². The van der Waals surface area contributed by atoms with Crippen molar-refractivity contribution in [3.8, 4) is 0 Å². The number of benzene rings is 1.